The number of pyridine rings is 1. The second-order valence-electron chi connectivity index (χ2n) is 4.32. The van der Waals surface area contributed by atoms with E-state index in [9.17, 15) is 10.1 Å². The standard InChI is InChI=1S/C12H14BrN5O2/c1-3-17-8-9(5-15-17)7-16(2)12-11(13)4-10(6-14-12)18(19)20/h4-6,8H,3,7H2,1-2H3. The summed E-state index contributed by atoms with van der Waals surface area (Å²) in [7, 11) is 1.88. The number of halogens is 1. The average molecular weight is 340 g/mol. The molecule has 0 radical (unpaired) electrons. The van der Waals surface area contributed by atoms with Gasteiger partial charge in [-0.25, -0.2) is 4.98 Å². The molecule has 0 aromatic carbocycles. The first-order chi connectivity index (χ1) is 9.51. The third-order valence-corrected chi connectivity index (χ3v) is 3.39. The highest BCUT2D eigenvalue weighted by molar-refractivity contribution is 9.10. The third kappa shape index (κ3) is 3.13. The van der Waals surface area contributed by atoms with Crippen LogP contribution in [-0.4, -0.2) is 26.7 Å². The number of aromatic nitrogens is 3. The Bertz CT molecular complexity index is 628. The molecule has 0 aliphatic rings. The lowest BCUT2D eigenvalue weighted by Gasteiger charge is -2.18. The van der Waals surface area contributed by atoms with Crippen molar-refractivity contribution in [1.82, 2.24) is 14.8 Å². The van der Waals surface area contributed by atoms with Gasteiger partial charge in [0.1, 0.15) is 12.0 Å². The van der Waals surface area contributed by atoms with E-state index in [1.807, 2.05) is 29.7 Å². The van der Waals surface area contributed by atoms with Crippen molar-refractivity contribution >= 4 is 27.4 Å². The maximum atomic E-state index is 10.7. The molecule has 2 aromatic heterocycles. The second-order valence-corrected chi connectivity index (χ2v) is 5.17. The van der Waals surface area contributed by atoms with E-state index in [0.717, 1.165) is 12.1 Å². The minimum Gasteiger partial charge on any atom is -0.354 e. The summed E-state index contributed by atoms with van der Waals surface area (Å²) in [5, 5.41) is 14.9. The van der Waals surface area contributed by atoms with Crippen molar-refractivity contribution in [3.8, 4) is 0 Å². The number of rotatable bonds is 5. The Balaban J connectivity index is 2.16. The van der Waals surface area contributed by atoms with Gasteiger partial charge >= 0.3 is 0 Å². The van der Waals surface area contributed by atoms with Crippen LogP contribution in [0.5, 0.6) is 0 Å². The zero-order valence-corrected chi connectivity index (χ0v) is 12.7. The first-order valence-corrected chi connectivity index (χ1v) is 6.83. The highest BCUT2D eigenvalue weighted by Crippen LogP contribution is 2.27. The van der Waals surface area contributed by atoms with Crippen LogP contribution in [0.1, 0.15) is 12.5 Å². The fourth-order valence-corrected chi connectivity index (χ4v) is 2.45. The van der Waals surface area contributed by atoms with Crippen LogP contribution in [-0.2, 0) is 13.1 Å². The van der Waals surface area contributed by atoms with Crippen molar-refractivity contribution in [2.75, 3.05) is 11.9 Å². The molecule has 0 bridgehead atoms. The summed E-state index contributed by atoms with van der Waals surface area (Å²) in [6, 6.07) is 1.45. The van der Waals surface area contributed by atoms with Crippen LogP contribution in [0, 0.1) is 10.1 Å². The smallest absolute Gasteiger partial charge is 0.288 e. The number of nitro groups is 1. The summed E-state index contributed by atoms with van der Waals surface area (Å²) < 4.78 is 2.44. The molecule has 0 saturated heterocycles. The number of aryl methyl sites for hydroxylation is 1. The summed E-state index contributed by atoms with van der Waals surface area (Å²) in [5.74, 6) is 0.653. The van der Waals surface area contributed by atoms with Crippen LogP contribution in [0.15, 0.2) is 29.1 Å². The SMILES string of the molecule is CCn1cc(CN(C)c2ncc([N+](=O)[O-])cc2Br)cn1. The van der Waals surface area contributed by atoms with Crippen molar-refractivity contribution in [1.29, 1.82) is 0 Å². The van der Waals surface area contributed by atoms with Gasteiger partial charge in [-0.2, -0.15) is 5.10 Å². The lowest BCUT2D eigenvalue weighted by molar-refractivity contribution is -0.385. The van der Waals surface area contributed by atoms with Gasteiger partial charge in [-0.05, 0) is 22.9 Å². The normalized spacial score (nSPS) is 10.6. The van der Waals surface area contributed by atoms with Crippen LogP contribution in [0.4, 0.5) is 11.5 Å². The lowest BCUT2D eigenvalue weighted by atomic mass is 10.3. The molecule has 2 rings (SSSR count). The number of nitrogens with zero attached hydrogens (tertiary/aromatic N) is 5. The summed E-state index contributed by atoms with van der Waals surface area (Å²) in [6.45, 7) is 3.47. The van der Waals surface area contributed by atoms with E-state index in [1.165, 1.54) is 12.3 Å². The molecule has 7 nitrogen and oxygen atoms in total. The van der Waals surface area contributed by atoms with E-state index in [2.05, 4.69) is 26.0 Å². The molecular weight excluding hydrogens is 326 g/mol. The highest BCUT2D eigenvalue weighted by Gasteiger charge is 2.14. The Labute approximate surface area is 124 Å². The fourth-order valence-electron chi connectivity index (χ4n) is 1.81. The Morgan fingerprint density at radius 1 is 1.50 bits per heavy atom. The van der Waals surface area contributed by atoms with Crippen molar-refractivity contribution in [3.05, 3.63) is 44.8 Å². The lowest BCUT2D eigenvalue weighted by Crippen LogP contribution is -2.18. The molecule has 0 fully saturated rings. The first kappa shape index (κ1) is 14.4. The van der Waals surface area contributed by atoms with Crippen molar-refractivity contribution in [3.63, 3.8) is 0 Å². The van der Waals surface area contributed by atoms with Gasteiger partial charge < -0.3 is 4.90 Å². The molecule has 20 heavy (non-hydrogen) atoms. The number of hydrogen-bond donors (Lipinski definition) is 0. The van der Waals surface area contributed by atoms with Gasteiger partial charge in [0.2, 0.25) is 0 Å². The van der Waals surface area contributed by atoms with Crippen molar-refractivity contribution in [2.24, 2.45) is 0 Å². The molecular formula is C12H14BrN5O2. The zero-order chi connectivity index (χ0) is 14.7. The molecule has 0 saturated carbocycles. The minimum atomic E-state index is -0.465. The van der Waals surface area contributed by atoms with E-state index < -0.39 is 4.92 Å². The molecule has 0 aliphatic heterocycles. The van der Waals surface area contributed by atoms with Crippen LogP contribution in [0.2, 0.25) is 0 Å². The molecule has 0 aliphatic carbocycles. The predicted octanol–water partition coefficient (Wildman–Crippen LogP) is 2.61. The van der Waals surface area contributed by atoms with Gasteiger partial charge in [-0.15, -0.1) is 0 Å². The minimum absolute atomic E-state index is 0.0344. The van der Waals surface area contributed by atoms with E-state index in [4.69, 9.17) is 0 Å². The van der Waals surface area contributed by atoms with Gasteiger partial charge in [0, 0.05) is 38.0 Å². The molecule has 0 amide bonds. The molecule has 2 heterocycles. The Hall–Kier alpha value is -1.96. The molecule has 0 atom stereocenters. The van der Waals surface area contributed by atoms with E-state index >= 15 is 0 Å². The van der Waals surface area contributed by atoms with Crippen molar-refractivity contribution in [2.45, 2.75) is 20.0 Å². The summed E-state index contributed by atoms with van der Waals surface area (Å²) in [6.07, 6.45) is 5.03. The van der Waals surface area contributed by atoms with Gasteiger partial charge in [0.25, 0.3) is 5.69 Å². The fraction of sp³-hybridized carbons (Fsp3) is 0.333. The topological polar surface area (TPSA) is 77.1 Å². The molecule has 0 spiro atoms. The predicted molar refractivity (Wildman–Crippen MR) is 78.6 cm³/mol. The van der Waals surface area contributed by atoms with Crippen LogP contribution < -0.4 is 4.90 Å². The van der Waals surface area contributed by atoms with Gasteiger partial charge in [0.05, 0.1) is 15.6 Å². The van der Waals surface area contributed by atoms with Gasteiger partial charge in [0.15, 0.2) is 0 Å². The monoisotopic (exact) mass is 339 g/mol. The summed E-state index contributed by atoms with van der Waals surface area (Å²) in [4.78, 5) is 16.3. The Kier molecular flexibility index (Phi) is 4.33. The van der Waals surface area contributed by atoms with Crippen LogP contribution in [0.25, 0.3) is 0 Å². The zero-order valence-electron chi connectivity index (χ0n) is 11.2. The van der Waals surface area contributed by atoms with Crippen molar-refractivity contribution < 1.29 is 4.92 Å². The van der Waals surface area contributed by atoms with E-state index in [-0.39, 0.29) is 5.69 Å². The number of hydrogen-bond acceptors (Lipinski definition) is 5. The highest BCUT2D eigenvalue weighted by atomic mass is 79.9. The Morgan fingerprint density at radius 2 is 2.25 bits per heavy atom. The molecule has 0 unspecified atom stereocenters. The second kappa shape index (κ2) is 6.00. The van der Waals surface area contributed by atoms with E-state index in [1.54, 1.807) is 6.20 Å². The number of anilines is 1. The summed E-state index contributed by atoms with van der Waals surface area (Å²) >= 11 is 3.32. The third-order valence-electron chi connectivity index (χ3n) is 2.81. The maximum Gasteiger partial charge on any atom is 0.288 e. The van der Waals surface area contributed by atoms with Crippen LogP contribution in [0.3, 0.4) is 0 Å². The van der Waals surface area contributed by atoms with Crippen LogP contribution >= 0.6 is 15.9 Å². The average Bonchev–Trinajstić information content (AvgIpc) is 2.85. The van der Waals surface area contributed by atoms with Gasteiger partial charge in [-0.3, -0.25) is 14.8 Å². The van der Waals surface area contributed by atoms with Gasteiger partial charge in [-0.1, -0.05) is 0 Å². The largest absolute Gasteiger partial charge is 0.354 e. The quantitative estimate of drug-likeness (QED) is 0.618. The molecule has 2 aromatic rings. The van der Waals surface area contributed by atoms with E-state index in [0.29, 0.717) is 16.8 Å². The molecule has 106 valence electrons. The first-order valence-electron chi connectivity index (χ1n) is 6.03. The Morgan fingerprint density at radius 3 is 2.80 bits per heavy atom. The summed E-state index contributed by atoms with van der Waals surface area (Å²) in [5.41, 5.74) is 1.02. The molecule has 0 N–H and O–H groups in total. The maximum absolute atomic E-state index is 10.7. The molecule has 8 heteroatoms.